The average Bonchev–Trinajstić information content (AvgIpc) is 3.23. The number of nitrogens with zero attached hydrogens (tertiary/aromatic N) is 1. The van der Waals surface area contributed by atoms with Gasteiger partial charge in [0.05, 0.1) is 12.7 Å². The Balaban J connectivity index is 1.71. The van der Waals surface area contributed by atoms with Gasteiger partial charge in [0.1, 0.15) is 0 Å². The highest BCUT2D eigenvalue weighted by molar-refractivity contribution is 5.89. The van der Waals surface area contributed by atoms with Gasteiger partial charge >= 0.3 is 12.1 Å². The van der Waals surface area contributed by atoms with Crippen molar-refractivity contribution in [1.82, 2.24) is 4.90 Å². The zero-order valence-electron chi connectivity index (χ0n) is 18.0. The maximum atomic E-state index is 13.0. The number of carbonyl (C=O) groups is 2. The number of amides is 1. The van der Waals surface area contributed by atoms with Crippen LogP contribution in [0.5, 0.6) is 0 Å². The van der Waals surface area contributed by atoms with Gasteiger partial charge < -0.3 is 14.4 Å². The van der Waals surface area contributed by atoms with E-state index >= 15 is 0 Å². The molecule has 160 valence electrons. The average molecular weight is 418 g/mol. The predicted molar refractivity (Wildman–Crippen MR) is 118 cm³/mol. The van der Waals surface area contributed by atoms with Crippen LogP contribution in [0.25, 0.3) is 0 Å². The molecule has 0 radical (unpaired) electrons. The molecule has 3 unspecified atom stereocenters. The smallest absolute Gasteiger partial charge is 0.409 e. The second kappa shape index (κ2) is 8.85. The van der Waals surface area contributed by atoms with Gasteiger partial charge in [-0.3, -0.25) is 0 Å². The van der Waals surface area contributed by atoms with Crippen LogP contribution in [0.1, 0.15) is 47.2 Å². The summed E-state index contributed by atoms with van der Waals surface area (Å²) in [6.45, 7) is 2.61. The molecular weight excluding hydrogens is 390 g/mol. The van der Waals surface area contributed by atoms with Crippen LogP contribution in [-0.2, 0) is 9.47 Å². The number of carbonyl (C=O) groups excluding carboxylic acids is 2. The number of aryl methyl sites for hydroxylation is 1. The number of likely N-dealkylation sites (tertiary alicyclic amines) is 1. The summed E-state index contributed by atoms with van der Waals surface area (Å²) in [5.74, 6) is 6.19. The summed E-state index contributed by atoms with van der Waals surface area (Å²) in [6.07, 6.45) is 2.73. The van der Waals surface area contributed by atoms with E-state index < -0.39 is 5.60 Å². The van der Waals surface area contributed by atoms with Crippen molar-refractivity contribution in [2.75, 3.05) is 13.7 Å². The summed E-state index contributed by atoms with van der Waals surface area (Å²) in [5, 5.41) is 0. The number of rotatable bonds is 2. The van der Waals surface area contributed by atoms with Crippen LogP contribution in [0.2, 0.25) is 0 Å². The molecular formula is C26H27NO4. The Morgan fingerprint density at radius 3 is 2.65 bits per heavy atom. The zero-order chi connectivity index (χ0) is 21.8. The Hall–Kier alpha value is -3.26. The van der Waals surface area contributed by atoms with Crippen molar-refractivity contribution < 1.29 is 19.1 Å². The van der Waals surface area contributed by atoms with Crippen molar-refractivity contribution in [3.63, 3.8) is 0 Å². The van der Waals surface area contributed by atoms with E-state index in [4.69, 9.17) is 9.47 Å². The topological polar surface area (TPSA) is 55.8 Å². The number of benzene rings is 2. The first-order chi connectivity index (χ1) is 15.0. The molecule has 1 saturated heterocycles. The Kier molecular flexibility index (Phi) is 5.99. The quantitative estimate of drug-likeness (QED) is 0.530. The molecule has 0 aromatic heterocycles. The Morgan fingerprint density at radius 1 is 1.10 bits per heavy atom. The lowest BCUT2D eigenvalue weighted by atomic mass is 9.72. The predicted octanol–water partition coefficient (Wildman–Crippen LogP) is 4.58. The zero-order valence-corrected chi connectivity index (χ0v) is 18.0. The van der Waals surface area contributed by atoms with Crippen LogP contribution >= 0.6 is 0 Å². The fourth-order valence-corrected chi connectivity index (χ4v) is 4.86. The molecule has 2 aliphatic rings. The van der Waals surface area contributed by atoms with Crippen molar-refractivity contribution in [3.05, 3.63) is 71.3 Å². The van der Waals surface area contributed by atoms with Gasteiger partial charge in [-0.2, -0.15) is 0 Å². The Bertz CT molecular complexity index is 1020. The van der Waals surface area contributed by atoms with Crippen molar-refractivity contribution in [2.24, 2.45) is 5.92 Å². The summed E-state index contributed by atoms with van der Waals surface area (Å²) < 4.78 is 11.2. The lowest BCUT2D eigenvalue weighted by Crippen LogP contribution is -2.51. The Labute approximate surface area is 183 Å². The van der Waals surface area contributed by atoms with Gasteiger partial charge in [-0.05, 0) is 68.4 Å². The van der Waals surface area contributed by atoms with E-state index in [2.05, 4.69) is 11.8 Å². The molecule has 5 nitrogen and oxygen atoms in total. The minimum Gasteiger partial charge on any atom is -0.453 e. The first kappa shape index (κ1) is 21.0. The van der Waals surface area contributed by atoms with Crippen LogP contribution in [0.3, 0.4) is 0 Å². The third-order valence-corrected chi connectivity index (χ3v) is 6.32. The molecule has 2 aromatic carbocycles. The van der Waals surface area contributed by atoms with Gasteiger partial charge in [0, 0.05) is 24.1 Å². The number of fused-ring (bicyclic) bond motifs is 1. The van der Waals surface area contributed by atoms with E-state index in [0.717, 1.165) is 30.4 Å². The number of esters is 1. The van der Waals surface area contributed by atoms with Crippen LogP contribution in [-0.4, -0.2) is 42.3 Å². The first-order valence-corrected chi connectivity index (χ1v) is 10.8. The Morgan fingerprint density at radius 2 is 1.90 bits per heavy atom. The van der Waals surface area contributed by atoms with Crippen LogP contribution in [0.15, 0.2) is 54.6 Å². The van der Waals surface area contributed by atoms with Crippen LogP contribution < -0.4 is 0 Å². The first-order valence-electron chi connectivity index (χ1n) is 10.8. The molecule has 0 bridgehead atoms. The fraction of sp³-hybridized carbons (Fsp3) is 0.385. The summed E-state index contributed by atoms with van der Waals surface area (Å²) in [7, 11) is 1.40. The highest BCUT2D eigenvalue weighted by Crippen LogP contribution is 2.45. The van der Waals surface area contributed by atoms with Crippen LogP contribution in [0.4, 0.5) is 4.79 Å². The van der Waals surface area contributed by atoms with E-state index in [-0.39, 0.29) is 24.0 Å². The van der Waals surface area contributed by atoms with Crippen molar-refractivity contribution >= 4 is 12.1 Å². The molecule has 4 rings (SSSR count). The van der Waals surface area contributed by atoms with Gasteiger partial charge in [0.2, 0.25) is 0 Å². The molecule has 0 spiro atoms. The minimum absolute atomic E-state index is 0.0448. The molecule has 31 heavy (non-hydrogen) atoms. The number of ether oxygens (including phenoxy) is 2. The van der Waals surface area contributed by atoms with Crippen molar-refractivity contribution in [2.45, 2.75) is 44.2 Å². The molecule has 0 N–H and O–H groups in total. The van der Waals surface area contributed by atoms with Gasteiger partial charge in [-0.15, -0.1) is 0 Å². The standard InChI is InChI=1S/C26H27NO4/c1-19-8-6-9-20(18-19)13-16-26(31-24(28)21-10-4-3-5-11-21)15-7-12-23-22(26)14-17-27(23)25(29)30-2/h3-6,8-11,18,22-23H,7,12,14-15,17H2,1-2H3. The third kappa shape index (κ3) is 4.29. The summed E-state index contributed by atoms with van der Waals surface area (Å²) >= 11 is 0. The largest absolute Gasteiger partial charge is 0.453 e. The monoisotopic (exact) mass is 417 g/mol. The van der Waals surface area contributed by atoms with E-state index in [0.29, 0.717) is 18.5 Å². The second-order valence-corrected chi connectivity index (χ2v) is 8.28. The number of hydrogen-bond donors (Lipinski definition) is 0. The molecule has 2 aromatic rings. The summed E-state index contributed by atoms with van der Waals surface area (Å²) in [4.78, 5) is 27.1. The van der Waals surface area contributed by atoms with E-state index in [9.17, 15) is 9.59 Å². The van der Waals surface area contributed by atoms with E-state index in [1.807, 2.05) is 49.4 Å². The lowest BCUT2D eigenvalue weighted by Gasteiger charge is -2.42. The van der Waals surface area contributed by atoms with Crippen molar-refractivity contribution in [3.8, 4) is 11.8 Å². The molecule has 1 amide bonds. The fourth-order valence-electron chi connectivity index (χ4n) is 4.86. The maximum Gasteiger partial charge on any atom is 0.409 e. The number of methoxy groups -OCH3 is 1. The molecule has 1 heterocycles. The molecule has 2 fully saturated rings. The molecule has 3 atom stereocenters. The lowest BCUT2D eigenvalue weighted by molar-refractivity contribution is -0.0445. The normalized spacial score (nSPS) is 24.5. The summed E-state index contributed by atoms with van der Waals surface area (Å²) in [6, 6.07) is 16.9. The highest BCUT2D eigenvalue weighted by Gasteiger charge is 2.53. The van der Waals surface area contributed by atoms with E-state index in [1.54, 1.807) is 17.0 Å². The molecule has 1 aliphatic carbocycles. The van der Waals surface area contributed by atoms with Gasteiger partial charge in [-0.25, -0.2) is 9.59 Å². The number of hydrogen-bond acceptors (Lipinski definition) is 4. The van der Waals surface area contributed by atoms with Crippen molar-refractivity contribution in [1.29, 1.82) is 0 Å². The van der Waals surface area contributed by atoms with E-state index in [1.165, 1.54) is 7.11 Å². The molecule has 1 aliphatic heterocycles. The SMILES string of the molecule is COC(=O)N1CCC2C1CCCC2(C#Cc1cccc(C)c1)OC(=O)c1ccccc1. The van der Waals surface area contributed by atoms with Gasteiger partial charge in [0.25, 0.3) is 0 Å². The van der Waals surface area contributed by atoms with Gasteiger partial charge in [0.15, 0.2) is 5.60 Å². The molecule has 5 heteroatoms. The second-order valence-electron chi connectivity index (χ2n) is 8.28. The highest BCUT2D eigenvalue weighted by atomic mass is 16.6. The summed E-state index contributed by atoms with van der Waals surface area (Å²) in [5.41, 5.74) is 1.58. The minimum atomic E-state index is -0.942. The maximum absolute atomic E-state index is 13.0. The van der Waals surface area contributed by atoms with Crippen LogP contribution in [0, 0.1) is 24.7 Å². The third-order valence-electron chi connectivity index (χ3n) is 6.32. The molecule has 1 saturated carbocycles. The van der Waals surface area contributed by atoms with Gasteiger partial charge in [-0.1, -0.05) is 36.3 Å².